The predicted molar refractivity (Wildman–Crippen MR) is 98.9 cm³/mol. The van der Waals surface area contributed by atoms with E-state index >= 15 is 0 Å². The van der Waals surface area contributed by atoms with E-state index in [1.165, 1.54) is 11.3 Å². The molecule has 0 bridgehead atoms. The summed E-state index contributed by atoms with van der Waals surface area (Å²) in [5, 5.41) is 15.0. The zero-order valence-electron chi connectivity index (χ0n) is 15.2. The molecule has 2 amide bonds. The molecule has 26 heavy (non-hydrogen) atoms. The van der Waals surface area contributed by atoms with Crippen molar-refractivity contribution in [2.24, 2.45) is 0 Å². The topological polar surface area (TPSA) is 108 Å². The Morgan fingerprint density at radius 3 is 2.62 bits per heavy atom. The summed E-state index contributed by atoms with van der Waals surface area (Å²) in [6.07, 6.45) is 1.42. The molecule has 1 heterocycles. The molecule has 144 valence electrons. The van der Waals surface area contributed by atoms with E-state index in [1.807, 2.05) is 18.7 Å². The van der Waals surface area contributed by atoms with Gasteiger partial charge in [-0.1, -0.05) is 6.92 Å². The highest BCUT2D eigenvalue weighted by molar-refractivity contribution is 7.16. The van der Waals surface area contributed by atoms with Gasteiger partial charge in [-0.05, 0) is 39.3 Å². The zero-order valence-corrected chi connectivity index (χ0v) is 16.0. The van der Waals surface area contributed by atoms with Crippen LogP contribution in [0.3, 0.4) is 0 Å². The summed E-state index contributed by atoms with van der Waals surface area (Å²) in [4.78, 5) is 37.8. The smallest absolute Gasteiger partial charge is 0.341 e. The molecule has 0 radical (unpaired) electrons. The first-order valence-electron chi connectivity index (χ1n) is 8.64. The maximum atomic E-state index is 12.2. The van der Waals surface area contributed by atoms with Crippen LogP contribution in [0.15, 0.2) is 6.07 Å². The van der Waals surface area contributed by atoms with E-state index in [0.29, 0.717) is 30.0 Å². The quantitative estimate of drug-likeness (QED) is 0.595. The molecule has 1 fully saturated rings. The van der Waals surface area contributed by atoms with Crippen molar-refractivity contribution >= 4 is 34.3 Å². The molecule has 0 aliphatic heterocycles. The van der Waals surface area contributed by atoms with E-state index in [2.05, 4.69) is 10.6 Å². The lowest BCUT2D eigenvalue weighted by molar-refractivity contribution is -0.139. The number of thiophene rings is 1. The van der Waals surface area contributed by atoms with E-state index in [9.17, 15) is 14.4 Å². The summed E-state index contributed by atoms with van der Waals surface area (Å²) >= 11 is 1.32. The van der Waals surface area contributed by atoms with Gasteiger partial charge in [0.05, 0.1) is 18.7 Å². The lowest BCUT2D eigenvalue weighted by Crippen LogP contribution is -2.55. The molecule has 1 aromatic heterocycles. The summed E-state index contributed by atoms with van der Waals surface area (Å²) in [6, 6.07) is 1.49. The van der Waals surface area contributed by atoms with Gasteiger partial charge in [-0.25, -0.2) is 9.59 Å². The number of esters is 1. The number of aliphatic carboxylic acids is 1. The Morgan fingerprint density at radius 2 is 2.04 bits per heavy atom. The molecule has 2 rings (SSSR count). The number of nitrogens with zero attached hydrogens (tertiary/aromatic N) is 1. The Bertz CT molecular complexity index is 669. The number of nitrogens with one attached hydrogen (secondary N) is 2. The number of carbonyl (C=O) groups excluding carboxylic acids is 2. The van der Waals surface area contributed by atoms with Gasteiger partial charge in [-0.3, -0.25) is 15.0 Å². The molecule has 0 unspecified atom stereocenters. The molecule has 1 aromatic rings. The number of amides is 2. The second-order valence-electron chi connectivity index (χ2n) is 6.20. The molecule has 1 aliphatic carbocycles. The van der Waals surface area contributed by atoms with Crippen LogP contribution in [0.5, 0.6) is 0 Å². The van der Waals surface area contributed by atoms with Crippen LogP contribution in [0.4, 0.5) is 9.80 Å². The number of aryl methyl sites for hydroxylation is 1. The third kappa shape index (κ3) is 5.18. The Morgan fingerprint density at radius 1 is 1.35 bits per heavy atom. The van der Waals surface area contributed by atoms with E-state index in [1.54, 1.807) is 13.0 Å². The molecule has 8 nitrogen and oxygen atoms in total. The van der Waals surface area contributed by atoms with Crippen molar-refractivity contribution < 1.29 is 24.2 Å². The minimum atomic E-state index is -0.847. The van der Waals surface area contributed by atoms with Crippen molar-refractivity contribution in [2.75, 3.05) is 25.0 Å². The number of rotatable bonds is 8. The van der Waals surface area contributed by atoms with Crippen LogP contribution in [0.2, 0.25) is 0 Å². The van der Waals surface area contributed by atoms with E-state index in [0.717, 1.165) is 4.88 Å². The number of carboxylic acid groups (broad SMARTS) is 1. The molecular weight excluding hydrogens is 358 g/mol. The largest absolute Gasteiger partial charge is 0.480 e. The molecule has 9 heteroatoms. The third-order valence-corrected chi connectivity index (χ3v) is 5.25. The maximum Gasteiger partial charge on any atom is 0.341 e. The number of carbonyl (C=O) groups is 3. The average Bonchev–Trinajstić information content (AvgIpc) is 2.89. The Kier molecular flexibility index (Phi) is 6.98. The highest BCUT2D eigenvalue weighted by atomic mass is 32.1. The monoisotopic (exact) mass is 383 g/mol. The van der Waals surface area contributed by atoms with Gasteiger partial charge in [0.1, 0.15) is 5.00 Å². The number of carboxylic acids is 1. The van der Waals surface area contributed by atoms with Crippen LogP contribution in [0.1, 0.15) is 41.9 Å². The summed E-state index contributed by atoms with van der Waals surface area (Å²) in [6.45, 7) is 6.45. The molecule has 0 atom stereocenters. The van der Waals surface area contributed by atoms with Gasteiger partial charge in [0.2, 0.25) is 0 Å². The van der Waals surface area contributed by atoms with Gasteiger partial charge in [0, 0.05) is 17.0 Å². The van der Waals surface area contributed by atoms with E-state index in [-0.39, 0.29) is 31.3 Å². The number of hydrogen-bond donors (Lipinski definition) is 3. The lowest BCUT2D eigenvalue weighted by Gasteiger charge is -2.42. The normalized spacial score (nSPS) is 18.9. The van der Waals surface area contributed by atoms with Crippen LogP contribution in [0.25, 0.3) is 0 Å². The van der Waals surface area contributed by atoms with Gasteiger partial charge in [-0.2, -0.15) is 0 Å². The minimum absolute atomic E-state index is 0.00468. The second-order valence-corrected chi connectivity index (χ2v) is 7.45. The minimum Gasteiger partial charge on any atom is -0.480 e. The lowest BCUT2D eigenvalue weighted by atomic mass is 9.85. The van der Waals surface area contributed by atoms with Crippen LogP contribution >= 0.6 is 11.3 Å². The van der Waals surface area contributed by atoms with Gasteiger partial charge in [-0.15, -0.1) is 11.3 Å². The Labute approximate surface area is 156 Å². The highest BCUT2D eigenvalue weighted by Gasteiger charge is 2.34. The number of urea groups is 1. The first kappa shape index (κ1) is 20.2. The Hall–Kier alpha value is -2.13. The van der Waals surface area contributed by atoms with Gasteiger partial charge >= 0.3 is 18.0 Å². The summed E-state index contributed by atoms with van der Waals surface area (Å²) in [5.41, 5.74) is 0.356. The fraction of sp³-hybridized carbons (Fsp3) is 0.588. The first-order valence-corrected chi connectivity index (χ1v) is 9.46. The first-order chi connectivity index (χ1) is 12.3. The van der Waals surface area contributed by atoms with Gasteiger partial charge in [0.25, 0.3) is 0 Å². The Balaban J connectivity index is 1.85. The molecule has 3 N–H and O–H groups in total. The van der Waals surface area contributed by atoms with Crippen molar-refractivity contribution in [3.63, 3.8) is 0 Å². The standard InChI is InChI=1S/C17H25N3O5S/c1-4-20(9-14(21)22)12-7-11(8-12)18-17(24)19-15-13(6-10(3)26-15)16(23)25-5-2/h6,11-12H,4-5,7-9H2,1-3H3,(H,21,22)(H2,18,19,24). The van der Waals surface area contributed by atoms with Gasteiger partial charge < -0.3 is 15.2 Å². The summed E-state index contributed by atoms with van der Waals surface area (Å²) in [7, 11) is 0. The second kappa shape index (κ2) is 9.00. The van der Waals surface area contributed by atoms with Crippen molar-refractivity contribution in [2.45, 2.75) is 45.7 Å². The maximum absolute atomic E-state index is 12.2. The molecule has 1 saturated carbocycles. The SMILES string of the molecule is CCOC(=O)c1cc(C)sc1NC(=O)NC1CC(N(CC)CC(=O)O)C1. The highest BCUT2D eigenvalue weighted by Crippen LogP contribution is 2.29. The fourth-order valence-electron chi connectivity index (χ4n) is 2.97. The van der Waals surface area contributed by atoms with Crippen molar-refractivity contribution in [1.29, 1.82) is 0 Å². The molecule has 0 saturated heterocycles. The van der Waals surface area contributed by atoms with Crippen molar-refractivity contribution in [3.8, 4) is 0 Å². The average molecular weight is 383 g/mol. The molecule has 0 aromatic carbocycles. The van der Waals surface area contributed by atoms with E-state index < -0.39 is 11.9 Å². The molecular formula is C17H25N3O5S. The predicted octanol–water partition coefficient (Wildman–Crippen LogP) is 2.29. The van der Waals surface area contributed by atoms with Crippen LogP contribution in [0, 0.1) is 6.92 Å². The molecule has 1 aliphatic rings. The van der Waals surface area contributed by atoms with Crippen LogP contribution in [-0.4, -0.2) is 59.8 Å². The van der Waals surface area contributed by atoms with Gasteiger partial charge in [0.15, 0.2) is 0 Å². The number of ether oxygens (including phenoxy) is 1. The number of likely N-dealkylation sites (N-methyl/N-ethyl adjacent to an activating group) is 1. The number of hydrogen-bond acceptors (Lipinski definition) is 6. The third-order valence-electron chi connectivity index (χ3n) is 4.29. The van der Waals surface area contributed by atoms with Crippen molar-refractivity contribution in [3.05, 3.63) is 16.5 Å². The zero-order chi connectivity index (χ0) is 19.3. The summed E-state index contributed by atoms with van der Waals surface area (Å²) in [5.74, 6) is -1.30. The van der Waals surface area contributed by atoms with Crippen molar-refractivity contribution in [1.82, 2.24) is 10.2 Å². The summed E-state index contributed by atoms with van der Waals surface area (Å²) < 4.78 is 5.00. The van der Waals surface area contributed by atoms with E-state index in [4.69, 9.17) is 9.84 Å². The fourth-order valence-corrected chi connectivity index (χ4v) is 3.86. The molecule has 0 spiro atoms. The van der Waals surface area contributed by atoms with Crippen LogP contribution < -0.4 is 10.6 Å². The van der Waals surface area contributed by atoms with Crippen LogP contribution in [-0.2, 0) is 9.53 Å². The number of anilines is 1.